The van der Waals surface area contributed by atoms with Crippen molar-refractivity contribution in [3.05, 3.63) is 64.2 Å². The Bertz CT molecular complexity index is 993. The Labute approximate surface area is 208 Å². The number of halogens is 1. The van der Waals surface area contributed by atoms with E-state index in [2.05, 4.69) is 0 Å². The maximum atomic E-state index is 14.0. The van der Waals surface area contributed by atoms with Crippen LogP contribution in [0.25, 0.3) is 0 Å². The van der Waals surface area contributed by atoms with Gasteiger partial charge in [0.05, 0.1) is 13.1 Å². The number of carbonyl (C=O) groups is 2. The Hall–Kier alpha value is -2.37. The van der Waals surface area contributed by atoms with E-state index >= 15 is 0 Å². The summed E-state index contributed by atoms with van der Waals surface area (Å²) < 4.78 is 6.21. The third-order valence-corrected chi connectivity index (χ3v) is 7.66. The van der Waals surface area contributed by atoms with Crippen LogP contribution in [0.15, 0.2) is 42.5 Å². The number of carbonyl (C=O) groups excluding carboxylic acids is 2. The van der Waals surface area contributed by atoms with E-state index in [1.165, 1.54) is 0 Å². The van der Waals surface area contributed by atoms with Crippen LogP contribution in [0.4, 0.5) is 5.69 Å². The van der Waals surface area contributed by atoms with Crippen molar-refractivity contribution in [2.45, 2.75) is 65.0 Å². The molecular formula is C28H36ClN2O3+. The lowest BCUT2D eigenvalue weighted by Gasteiger charge is -2.46. The Morgan fingerprint density at radius 3 is 2.32 bits per heavy atom. The number of hydrogen-bond acceptors (Lipinski definition) is 3. The summed E-state index contributed by atoms with van der Waals surface area (Å²) in [4.78, 5) is 29.0. The molecule has 6 heteroatoms. The molecule has 2 aromatic rings. The number of anilines is 1. The zero-order chi connectivity index (χ0) is 24.1. The van der Waals surface area contributed by atoms with Gasteiger partial charge >= 0.3 is 5.97 Å². The average Bonchev–Trinajstić information content (AvgIpc) is 3.05. The molecule has 1 unspecified atom stereocenters. The molecule has 2 saturated heterocycles. The van der Waals surface area contributed by atoms with E-state index < -0.39 is 0 Å². The first kappa shape index (κ1) is 24.7. The molecule has 0 aliphatic carbocycles. The molecule has 2 aromatic carbocycles. The standard InChI is InChI=1S/C28H36ClN2O3/c1-21-17-24(29)18-22(2)27(21)30-14-10-13-25(28(30)33)31(15-8-3-4-9-16-31)19-26(32)34-20-23-11-6-5-7-12-23/h5-7,11-12,17-18,25H,3-4,8-10,13-16,19-20H2,1-2H3/q+1. The molecule has 4 rings (SSSR count). The van der Waals surface area contributed by atoms with Crippen LogP contribution in [0.1, 0.15) is 55.2 Å². The Kier molecular flexibility index (Phi) is 7.95. The lowest BCUT2D eigenvalue weighted by atomic mass is 9.96. The number of amides is 1. The van der Waals surface area contributed by atoms with E-state index in [-0.39, 0.29) is 31.1 Å². The first-order valence-corrected chi connectivity index (χ1v) is 12.9. The molecule has 2 fully saturated rings. The molecule has 0 spiro atoms. The minimum atomic E-state index is -0.217. The molecule has 1 atom stereocenters. The molecule has 5 nitrogen and oxygen atoms in total. The lowest BCUT2D eigenvalue weighted by Crippen LogP contribution is -2.65. The molecular weight excluding hydrogens is 448 g/mol. The number of esters is 1. The van der Waals surface area contributed by atoms with Crippen LogP contribution in [0.5, 0.6) is 0 Å². The summed E-state index contributed by atoms with van der Waals surface area (Å²) in [5.74, 6) is -0.0768. The van der Waals surface area contributed by atoms with Gasteiger partial charge in [0, 0.05) is 23.7 Å². The number of aryl methyl sites for hydroxylation is 2. The summed E-state index contributed by atoms with van der Waals surface area (Å²) in [6, 6.07) is 13.4. The number of quaternary nitrogens is 1. The van der Waals surface area contributed by atoms with E-state index in [0.29, 0.717) is 16.1 Å². The molecule has 182 valence electrons. The molecule has 2 heterocycles. The SMILES string of the molecule is Cc1cc(Cl)cc(C)c1N1CCCC([N+]2(CC(=O)OCc3ccccc3)CCCCCC2)C1=O. The van der Waals surface area contributed by atoms with Crippen LogP contribution in [-0.2, 0) is 20.9 Å². The van der Waals surface area contributed by atoms with Crippen molar-refractivity contribution in [3.63, 3.8) is 0 Å². The van der Waals surface area contributed by atoms with Crippen LogP contribution in [-0.4, -0.2) is 48.6 Å². The third-order valence-electron chi connectivity index (χ3n) is 7.44. The molecule has 0 bridgehead atoms. The Balaban J connectivity index is 1.57. The zero-order valence-electron chi connectivity index (χ0n) is 20.4. The van der Waals surface area contributed by atoms with Gasteiger partial charge in [-0.05, 0) is 74.8 Å². The van der Waals surface area contributed by atoms with Crippen molar-refractivity contribution < 1.29 is 18.8 Å². The van der Waals surface area contributed by atoms with Gasteiger partial charge in [-0.1, -0.05) is 41.9 Å². The highest BCUT2D eigenvalue weighted by molar-refractivity contribution is 6.30. The smallest absolute Gasteiger partial charge is 0.362 e. The monoisotopic (exact) mass is 483 g/mol. The summed E-state index contributed by atoms with van der Waals surface area (Å²) in [5.41, 5.74) is 3.98. The average molecular weight is 484 g/mol. The maximum absolute atomic E-state index is 14.0. The van der Waals surface area contributed by atoms with Gasteiger partial charge in [-0.2, -0.15) is 0 Å². The van der Waals surface area contributed by atoms with Crippen molar-refractivity contribution in [1.82, 2.24) is 0 Å². The van der Waals surface area contributed by atoms with Gasteiger partial charge in [0.15, 0.2) is 12.6 Å². The summed E-state index contributed by atoms with van der Waals surface area (Å²) in [5, 5.41) is 0.692. The molecule has 0 aromatic heterocycles. The second kappa shape index (κ2) is 10.9. The molecule has 2 aliphatic heterocycles. The molecule has 2 aliphatic rings. The van der Waals surface area contributed by atoms with Gasteiger partial charge in [0.1, 0.15) is 6.61 Å². The van der Waals surface area contributed by atoms with Crippen LogP contribution < -0.4 is 4.90 Å². The predicted molar refractivity (Wildman–Crippen MR) is 136 cm³/mol. The van der Waals surface area contributed by atoms with Gasteiger partial charge in [-0.25, -0.2) is 4.79 Å². The molecule has 0 N–H and O–H groups in total. The van der Waals surface area contributed by atoms with E-state index in [4.69, 9.17) is 16.3 Å². The first-order valence-electron chi connectivity index (χ1n) is 12.5. The van der Waals surface area contributed by atoms with Crippen molar-refractivity contribution in [2.75, 3.05) is 31.1 Å². The van der Waals surface area contributed by atoms with Gasteiger partial charge in [0.25, 0.3) is 5.91 Å². The van der Waals surface area contributed by atoms with Crippen LogP contribution in [0.2, 0.25) is 5.02 Å². The van der Waals surface area contributed by atoms with Gasteiger partial charge in [0.2, 0.25) is 0 Å². The summed E-state index contributed by atoms with van der Waals surface area (Å²) in [6.07, 6.45) is 6.12. The van der Waals surface area contributed by atoms with Crippen molar-refractivity contribution in [3.8, 4) is 0 Å². The zero-order valence-corrected chi connectivity index (χ0v) is 21.2. The van der Waals surface area contributed by atoms with Crippen LogP contribution in [0.3, 0.4) is 0 Å². The van der Waals surface area contributed by atoms with Crippen molar-refractivity contribution >= 4 is 29.2 Å². The third kappa shape index (κ3) is 5.47. The summed E-state index contributed by atoms with van der Waals surface area (Å²) >= 11 is 6.26. The normalized spacial score (nSPS) is 20.6. The summed E-state index contributed by atoms with van der Waals surface area (Å²) in [7, 11) is 0. The number of nitrogens with zero attached hydrogens (tertiary/aromatic N) is 2. The fraction of sp³-hybridized carbons (Fsp3) is 0.500. The molecule has 0 radical (unpaired) electrons. The molecule has 34 heavy (non-hydrogen) atoms. The minimum Gasteiger partial charge on any atom is -0.457 e. The van der Waals surface area contributed by atoms with Gasteiger partial charge in [-0.3, -0.25) is 4.79 Å². The van der Waals surface area contributed by atoms with Crippen molar-refractivity contribution in [1.29, 1.82) is 0 Å². The van der Waals surface area contributed by atoms with Crippen LogP contribution >= 0.6 is 11.6 Å². The topological polar surface area (TPSA) is 46.6 Å². The van der Waals surface area contributed by atoms with E-state index in [9.17, 15) is 9.59 Å². The number of hydrogen-bond donors (Lipinski definition) is 0. The second-order valence-electron chi connectivity index (χ2n) is 9.92. The highest BCUT2D eigenvalue weighted by Crippen LogP contribution is 2.35. The van der Waals surface area contributed by atoms with E-state index in [0.717, 1.165) is 74.0 Å². The Morgan fingerprint density at radius 2 is 1.68 bits per heavy atom. The van der Waals surface area contributed by atoms with Crippen LogP contribution in [0, 0.1) is 13.8 Å². The number of rotatable bonds is 6. The largest absolute Gasteiger partial charge is 0.457 e. The molecule has 1 amide bonds. The summed E-state index contributed by atoms with van der Waals surface area (Å²) in [6.45, 7) is 6.97. The highest BCUT2D eigenvalue weighted by Gasteiger charge is 2.47. The number of benzene rings is 2. The number of piperidine rings is 1. The lowest BCUT2D eigenvalue weighted by molar-refractivity contribution is -0.936. The fourth-order valence-corrected chi connectivity index (χ4v) is 6.18. The molecule has 0 saturated carbocycles. The number of likely N-dealkylation sites (tertiary alicyclic amines) is 1. The van der Waals surface area contributed by atoms with Crippen molar-refractivity contribution in [2.24, 2.45) is 0 Å². The fourth-order valence-electron chi connectivity index (χ4n) is 5.85. The quantitative estimate of drug-likeness (QED) is 0.397. The second-order valence-corrected chi connectivity index (χ2v) is 10.4. The van der Waals surface area contributed by atoms with E-state index in [1.807, 2.05) is 61.2 Å². The maximum Gasteiger partial charge on any atom is 0.362 e. The number of ether oxygens (including phenoxy) is 1. The van der Waals surface area contributed by atoms with E-state index in [1.54, 1.807) is 0 Å². The van der Waals surface area contributed by atoms with Gasteiger partial charge in [-0.15, -0.1) is 0 Å². The Morgan fingerprint density at radius 1 is 1.03 bits per heavy atom. The highest BCUT2D eigenvalue weighted by atomic mass is 35.5. The minimum absolute atomic E-state index is 0.137. The predicted octanol–water partition coefficient (Wildman–Crippen LogP) is 5.59. The first-order chi connectivity index (χ1) is 16.4. The van der Waals surface area contributed by atoms with Gasteiger partial charge < -0.3 is 14.1 Å².